The van der Waals surface area contributed by atoms with Crippen molar-refractivity contribution >= 4 is 5.91 Å². The van der Waals surface area contributed by atoms with Crippen LogP contribution in [0.5, 0.6) is 0 Å². The fourth-order valence-electron chi connectivity index (χ4n) is 3.28. The van der Waals surface area contributed by atoms with Crippen LogP contribution in [0.2, 0.25) is 0 Å². The van der Waals surface area contributed by atoms with Crippen LogP contribution in [-0.4, -0.2) is 25.0 Å². The first-order chi connectivity index (χ1) is 9.71. The van der Waals surface area contributed by atoms with E-state index in [-0.39, 0.29) is 11.7 Å². The molecule has 2 N–H and O–H groups in total. The predicted octanol–water partition coefficient (Wildman–Crippen LogP) is 2.12. The highest BCUT2D eigenvalue weighted by Crippen LogP contribution is 2.44. The van der Waals surface area contributed by atoms with Crippen molar-refractivity contribution in [1.29, 1.82) is 0 Å². The maximum absolute atomic E-state index is 13.4. The van der Waals surface area contributed by atoms with Crippen LogP contribution < -0.4 is 10.6 Å². The number of hydrogen-bond donors (Lipinski definition) is 2. The summed E-state index contributed by atoms with van der Waals surface area (Å²) in [6.45, 7) is 1.71. The molecule has 1 aromatic carbocycles. The molecule has 1 atom stereocenters. The van der Waals surface area contributed by atoms with E-state index in [2.05, 4.69) is 10.6 Å². The Hall–Kier alpha value is -1.42. The molecule has 2 aliphatic rings. The van der Waals surface area contributed by atoms with Crippen LogP contribution in [0, 0.1) is 5.82 Å². The van der Waals surface area contributed by atoms with E-state index >= 15 is 0 Å². The fraction of sp³-hybridized carbons (Fsp3) is 0.562. The van der Waals surface area contributed by atoms with Crippen molar-refractivity contribution in [2.24, 2.45) is 0 Å². The molecule has 3 nitrogen and oxygen atoms in total. The van der Waals surface area contributed by atoms with Crippen molar-refractivity contribution in [3.63, 3.8) is 0 Å². The molecule has 0 bridgehead atoms. The highest BCUT2D eigenvalue weighted by atomic mass is 19.1. The van der Waals surface area contributed by atoms with Crippen LogP contribution >= 0.6 is 0 Å². The number of amides is 1. The van der Waals surface area contributed by atoms with Crippen molar-refractivity contribution < 1.29 is 9.18 Å². The van der Waals surface area contributed by atoms with E-state index in [1.807, 2.05) is 6.07 Å². The summed E-state index contributed by atoms with van der Waals surface area (Å²) in [4.78, 5) is 12.6. The van der Waals surface area contributed by atoms with Crippen LogP contribution in [0.15, 0.2) is 24.3 Å². The quantitative estimate of drug-likeness (QED) is 0.884. The molecule has 1 heterocycles. The summed E-state index contributed by atoms with van der Waals surface area (Å²) in [7, 11) is 0. The van der Waals surface area contributed by atoms with Gasteiger partial charge in [-0.3, -0.25) is 4.79 Å². The molecule has 0 aromatic heterocycles. The van der Waals surface area contributed by atoms with Gasteiger partial charge in [-0.05, 0) is 49.9 Å². The standard InChI is InChI=1S/C16H21FN2O/c17-13-5-1-4-12(10-13)16(7-3-8-16)15(20)19-11-14-6-2-9-18-14/h1,4-5,10,14,18H,2-3,6-9,11H2,(H,19,20). The molecule has 1 amide bonds. The molecule has 1 saturated heterocycles. The molecule has 0 spiro atoms. The van der Waals surface area contributed by atoms with Crippen LogP contribution in [-0.2, 0) is 10.2 Å². The predicted molar refractivity (Wildman–Crippen MR) is 76.0 cm³/mol. The second-order valence-electron chi connectivity index (χ2n) is 5.95. The fourth-order valence-corrected chi connectivity index (χ4v) is 3.28. The minimum absolute atomic E-state index is 0.0584. The first kappa shape index (κ1) is 13.6. The minimum atomic E-state index is -0.499. The maximum atomic E-state index is 13.4. The van der Waals surface area contributed by atoms with Crippen LogP contribution in [0.1, 0.15) is 37.7 Å². The molecule has 1 aliphatic heterocycles. The van der Waals surface area contributed by atoms with Gasteiger partial charge in [0.2, 0.25) is 5.91 Å². The third-order valence-corrected chi connectivity index (χ3v) is 4.69. The zero-order chi connectivity index (χ0) is 14.0. The van der Waals surface area contributed by atoms with Crippen molar-refractivity contribution in [3.8, 4) is 0 Å². The number of carbonyl (C=O) groups excluding carboxylic acids is 1. The topological polar surface area (TPSA) is 41.1 Å². The molecule has 1 saturated carbocycles. The number of halogens is 1. The molecule has 20 heavy (non-hydrogen) atoms. The Morgan fingerprint density at radius 3 is 2.85 bits per heavy atom. The summed E-state index contributed by atoms with van der Waals surface area (Å²) in [6, 6.07) is 6.89. The van der Waals surface area contributed by atoms with E-state index in [1.165, 1.54) is 18.6 Å². The molecule has 1 aromatic rings. The second-order valence-corrected chi connectivity index (χ2v) is 5.95. The first-order valence-electron chi connectivity index (χ1n) is 7.48. The number of rotatable bonds is 4. The lowest BCUT2D eigenvalue weighted by Gasteiger charge is -2.41. The van der Waals surface area contributed by atoms with Gasteiger partial charge in [-0.15, -0.1) is 0 Å². The van der Waals surface area contributed by atoms with Crippen LogP contribution in [0.25, 0.3) is 0 Å². The molecule has 2 fully saturated rings. The summed E-state index contributed by atoms with van der Waals surface area (Å²) < 4.78 is 13.4. The molecular formula is C16H21FN2O. The average molecular weight is 276 g/mol. The summed E-state index contributed by atoms with van der Waals surface area (Å²) in [5.41, 5.74) is 0.321. The highest BCUT2D eigenvalue weighted by Gasteiger charge is 2.45. The monoisotopic (exact) mass is 276 g/mol. The molecule has 1 unspecified atom stereocenters. The number of hydrogen-bond acceptors (Lipinski definition) is 2. The Morgan fingerprint density at radius 1 is 1.40 bits per heavy atom. The van der Waals surface area contributed by atoms with Gasteiger partial charge in [0.1, 0.15) is 5.82 Å². The normalized spacial score (nSPS) is 24.1. The van der Waals surface area contributed by atoms with Crippen molar-refractivity contribution in [2.45, 2.75) is 43.6 Å². The van der Waals surface area contributed by atoms with Crippen molar-refractivity contribution in [3.05, 3.63) is 35.6 Å². The van der Waals surface area contributed by atoms with Gasteiger partial charge in [0.15, 0.2) is 0 Å². The van der Waals surface area contributed by atoms with E-state index in [1.54, 1.807) is 6.07 Å². The zero-order valence-electron chi connectivity index (χ0n) is 11.6. The lowest BCUT2D eigenvalue weighted by Crippen LogP contribution is -2.51. The van der Waals surface area contributed by atoms with Crippen molar-refractivity contribution in [1.82, 2.24) is 10.6 Å². The SMILES string of the molecule is O=C(NCC1CCCN1)C1(c2cccc(F)c2)CCC1. The lowest BCUT2D eigenvalue weighted by molar-refractivity contribution is -0.130. The van der Waals surface area contributed by atoms with Crippen molar-refractivity contribution in [2.75, 3.05) is 13.1 Å². The van der Waals surface area contributed by atoms with Gasteiger partial charge in [-0.2, -0.15) is 0 Å². The Morgan fingerprint density at radius 2 is 2.25 bits per heavy atom. The summed E-state index contributed by atoms with van der Waals surface area (Å²) in [6.07, 6.45) is 4.97. The minimum Gasteiger partial charge on any atom is -0.354 e. The molecule has 4 heteroatoms. The van der Waals surface area contributed by atoms with Gasteiger partial charge >= 0.3 is 0 Å². The largest absolute Gasteiger partial charge is 0.354 e. The molecule has 108 valence electrons. The second kappa shape index (κ2) is 5.52. The van der Waals surface area contributed by atoms with E-state index < -0.39 is 5.41 Å². The number of nitrogens with one attached hydrogen (secondary N) is 2. The smallest absolute Gasteiger partial charge is 0.230 e. The Labute approximate surface area is 118 Å². The zero-order valence-corrected chi connectivity index (χ0v) is 11.6. The summed E-state index contributed by atoms with van der Waals surface area (Å²) in [5, 5.41) is 6.44. The third kappa shape index (κ3) is 2.44. The van der Waals surface area contributed by atoms with E-state index in [4.69, 9.17) is 0 Å². The van der Waals surface area contributed by atoms with E-state index in [9.17, 15) is 9.18 Å². The van der Waals surface area contributed by atoms with Crippen LogP contribution in [0.4, 0.5) is 4.39 Å². The highest BCUT2D eigenvalue weighted by molar-refractivity contribution is 5.89. The molecule has 0 radical (unpaired) electrons. The summed E-state index contributed by atoms with van der Waals surface area (Å²) in [5.74, 6) is -0.206. The Balaban J connectivity index is 1.69. The van der Waals surface area contributed by atoms with Gasteiger partial charge in [0, 0.05) is 12.6 Å². The first-order valence-corrected chi connectivity index (χ1v) is 7.48. The Bertz CT molecular complexity index is 493. The van der Waals surface area contributed by atoms with E-state index in [0.29, 0.717) is 12.6 Å². The summed E-state index contributed by atoms with van der Waals surface area (Å²) >= 11 is 0. The lowest BCUT2D eigenvalue weighted by atomic mass is 9.63. The maximum Gasteiger partial charge on any atom is 0.230 e. The molecule has 1 aliphatic carbocycles. The van der Waals surface area contributed by atoms with Gasteiger partial charge in [-0.25, -0.2) is 4.39 Å². The van der Waals surface area contributed by atoms with E-state index in [0.717, 1.165) is 37.8 Å². The number of carbonyl (C=O) groups is 1. The third-order valence-electron chi connectivity index (χ3n) is 4.69. The Kier molecular flexibility index (Phi) is 3.74. The van der Waals surface area contributed by atoms with Gasteiger partial charge in [0.25, 0.3) is 0 Å². The van der Waals surface area contributed by atoms with Gasteiger partial charge in [0.05, 0.1) is 5.41 Å². The molecule has 3 rings (SSSR count). The average Bonchev–Trinajstić information content (AvgIpc) is 2.88. The van der Waals surface area contributed by atoms with Gasteiger partial charge < -0.3 is 10.6 Å². The van der Waals surface area contributed by atoms with Gasteiger partial charge in [-0.1, -0.05) is 18.6 Å². The van der Waals surface area contributed by atoms with Crippen LogP contribution in [0.3, 0.4) is 0 Å². The molecular weight excluding hydrogens is 255 g/mol. The number of benzene rings is 1.